The Morgan fingerprint density at radius 3 is 2.90 bits per heavy atom. The van der Waals surface area contributed by atoms with Crippen LogP contribution < -0.4 is 17.0 Å². The lowest BCUT2D eigenvalue weighted by Gasteiger charge is -2.00. The monoisotopic (exact) mass is 276 g/mol. The third-order valence-corrected chi connectivity index (χ3v) is 3.53. The van der Waals surface area contributed by atoms with E-state index >= 15 is 0 Å². The minimum atomic E-state index is -0.484. The van der Waals surface area contributed by atoms with Gasteiger partial charge in [-0.1, -0.05) is 0 Å². The first-order valence-electron chi connectivity index (χ1n) is 6.47. The molecule has 106 valence electrons. The van der Waals surface area contributed by atoms with Gasteiger partial charge in [-0.3, -0.25) is 19.4 Å². The third-order valence-electron chi connectivity index (χ3n) is 3.53. The number of nitrogens with one attached hydrogen (secondary N) is 1. The van der Waals surface area contributed by atoms with Crippen LogP contribution in [0.25, 0.3) is 0 Å². The van der Waals surface area contributed by atoms with Crippen LogP contribution in [0.3, 0.4) is 0 Å². The molecular formula is C13H16N4O3. The summed E-state index contributed by atoms with van der Waals surface area (Å²) in [4.78, 5) is 23.6. The van der Waals surface area contributed by atoms with E-state index in [-0.39, 0.29) is 11.4 Å². The summed E-state index contributed by atoms with van der Waals surface area (Å²) >= 11 is 0. The number of hydrazine groups is 1. The molecule has 2 aromatic heterocycles. The van der Waals surface area contributed by atoms with Crippen LogP contribution in [0.5, 0.6) is 0 Å². The van der Waals surface area contributed by atoms with E-state index in [1.54, 1.807) is 28.3 Å². The maximum atomic E-state index is 12.2. The fourth-order valence-corrected chi connectivity index (χ4v) is 2.22. The smallest absolute Gasteiger partial charge is 0.328 e. The number of nitrogens with two attached hydrogens (primary N) is 1. The van der Waals surface area contributed by atoms with Gasteiger partial charge in [0.1, 0.15) is 5.76 Å². The molecule has 0 unspecified atom stereocenters. The maximum Gasteiger partial charge on any atom is 0.328 e. The van der Waals surface area contributed by atoms with E-state index in [0.717, 1.165) is 18.4 Å². The first-order chi connectivity index (χ1) is 9.60. The van der Waals surface area contributed by atoms with Gasteiger partial charge < -0.3 is 4.42 Å². The van der Waals surface area contributed by atoms with Crippen molar-refractivity contribution in [1.82, 2.24) is 14.6 Å². The number of imidazole rings is 1. The van der Waals surface area contributed by atoms with E-state index in [4.69, 9.17) is 10.3 Å². The molecule has 0 bridgehead atoms. The molecule has 1 aliphatic carbocycles. The quantitative estimate of drug-likeness (QED) is 0.484. The summed E-state index contributed by atoms with van der Waals surface area (Å²) in [6.45, 7) is 2.14. The molecule has 7 heteroatoms. The summed E-state index contributed by atoms with van der Waals surface area (Å²) in [6, 6.07) is 1.96. The van der Waals surface area contributed by atoms with Gasteiger partial charge in [0, 0.05) is 24.0 Å². The molecule has 2 heterocycles. The van der Waals surface area contributed by atoms with Crippen molar-refractivity contribution in [1.29, 1.82) is 0 Å². The molecule has 0 atom stereocenters. The SMILES string of the molecule is Cc1oc(C(=O)NN)cc1Cn1ccn(C2CC2)c1=O. The van der Waals surface area contributed by atoms with Crippen LogP contribution in [0, 0.1) is 6.92 Å². The van der Waals surface area contributed by atoms with Gasteiger partial charge in [0.15, 0.2) is 5.76 Å². The van der Waals surface area contributed by atoms with Crippen LogP contribution in [0.2, 0.25) is 0 Å². The van der Waals surface area contributed by atoms with E-state index in [0.29, 0.717) is 18.3 Å². The van der Waals surface area contributed by atoms with Crippen LogP contribution >= 0.6 is 0 Å². The number of carbonyl (C=O) groups excluding carboxylic acids is 1. The zero-order chi connectivity index (χ0) is 14.3. The molecule has 0 aromatic carbocycles. The Morgan fingerprint density at radius 2 is 2.25 bits per heavy atom. The molecule has 1 fully saturated rings. The Labute approximate surface area is 114 Å². The standard InChI is InChI=1S/C13H16N4O3/c1-8-9(6-11(20-8)12(18)15-14)7-16-4-5-17(13(16)19)10-2-3-10/h4-6,10H,2-3,7,14H2,1H3,(H,15,18). The molecule has 0 saturated heterocycles. The molecule has 3 N–H and O–H groups in total. The van der Waals surface area contributed by atoms with Crippen molar-refractivity contribution < 1.29 is 9.21 Å². The van der Waals surface area contributed by atoms with Gasteiger partial charge in [-0.05, 0) is 25.8 Å². The minimum Gasteiger partial charge on any atom is -0.456 e. The van der Waals surface area contributed by atoms with Gasteiger partial charge in [-0.15, -0.1) is 0 Å². The highest BCUT2D eigenvalue weighted by Crippen LogP contribution is 2.33. The van der Waals surface area contributed by atoms with E-state index in [9.17, 15) is 9.59 Å². The van der Waals surface area contributed by atoms with Crippen LogP contribution in [0.1, 0.15) is 40.8 Å². The molecule has 0 aliphatic heterocycles. The second kappa shape index (κ2) is 4.68. The lowest BCUT2D eigenvalue weighted by Crippen LogP contribution is -2.29. The summed E-state index contributed by atoms with van der Waals surface area (Å²) in [5.41, 5.74) is 2.78. The lowest BCUT2D eigenvalue weighted by molar-refractivity contribution is 0.0924. The molecule has 7 nitrogen and oxygen atoms in total. The first kappa shape index (κ1) is 12.7. The maximum absolute atomic E-state index is 12.2. The Bertz CT molecular complexity index is 706. The Kier molecular flexibility index (Phi) is 2.98. The predicted octanol–water partition coefficient (Wildman–Crippen LogP) is 0.538. The number of aromatic nitrogens is 2. The Morgan fingerprint density at radius 1 is 1.50 bits per heavy atom. The highest BCUT2D eigenvalue weighted by atomic mass is 16.4. The molecule has 1 amide bonds. The van der Waals surface area contributed by atoms with Gasteiger partial charge in [0.25, 0.3) is 0 Å². The zero-order valence-corrected chi connectivity index (χ0v) is 11.1. The average molecular weight is 276 g/mol. The second-order valence-corrected chi connectivity index (χ2v) is 5.01. The number of hydrogen-bond donors (Lipinski definition) is 2. The number of nitrogen functional groups attached to an aromatic ring is 1. The third kappa shape index (κ3) is 2.16. The van der Waals surface area contributed by atoms with Gasteiger partial charge in [0.2, 0.25) is 0 Å². The highest BCUT2D eigenvalue weighted by Gasteiger charge is 2.25. The fraction of sp³-hybridized carbons (Fsp3) is 0.385. The van der Waals surface area contributed by atoms with Crippen molar-refractivity contribution in [2.75, 3.05) is 0 Å². The number of amides is 1. The van der Waals surface area contributed by atoms with Gasteiger partial charge in [-0.25, -0.2) is 10.6 Å². The van der Waals surface area contributed by atoms with Crippen molar-refractivity contribution >= 4 is 5.91 Å². The Hall–Kier alpha value is -2.28. The van der Waals surface area contributed by atoms with Crippen LogP contribution in [0.15, 0.2) is 27.7 Å². The summed E-state index contributed by atoms with van der Waals surface area (Å²) in [6.07, 6.45) is 5.70. The zero-order valence-electron chi connectivity index (χ0n) is 11.1. The summed E-state index contributed by atoms with van der Waals surface area (Å²) in [5.74, 6) is 5.34. The highest BCUT2D eigenvalue weighted by molar-refractivity contribution is 5.91. The minimum absolute atomic E-state index is 0.0297. The van der Waals surface area contributed by atoms with Crippen LogP contribution in [0.4, 0.5) is 0 Å². The lowest BCUT2D eigenvalue weighted by atomic mass is 10.2. The van der Waals surface area contributed by atoms with Crippen molar-refractivity contribution in [2.45, 2.75) is 32.4 Å². The first-order valence-corrected chi connectivity index (χ1v) is 6.47. The topological polar surface area (TPSA) is 95.2 Å². The molecule has 0 radical (unpaired) electrons. The molecule has 0 spiro atoms. The van der Waals surface area contributed by atoms with Gasteiger partial charge in [0.05, 0.1) is 6.54 Å². The van der Waals surface area contributed by atoms with Crippen molar-refractivity contribution in [2.24, 2.45) is 5.84 Å². The fourth-order valence-electron chi connectivity index (χ4n) is 2.22. The molecule has 3 rings (SSSR count). The number of furan rings is 1. The van der Waals surface area contributed by atoms with E-state index in [1.807, 2.05) is 11.6 Å². The largest absolute Gasteiger partial charge is 0.456 e. The van der Waals surface area contributed by atoms with Gasteiger partial charge in [-0.2, -0.15) is 0 Å². The number of carbonyl (C=O) groups is 1. The van der Waals surface area contributed by atoms with E-state index in [1.165, 1.54) is 0 Å². The molecule has 2 aromatic rings. The summed E-state index contributed by atoms with van der Waals surface area (Å²) < 4.78 is 8.70. The van der Waals surface area contributed by atoms with E-state index in [2.05, 4.69) is 0 Å². The molecular weight excluding hydrogens is 260 g/mol. The Balaban J connectivity index is 1.86. The predicted molar refractivity (Wildman–Crippen MR) is 71.2 cm³/mol. The number of rotatable bonds is 4. The van der Waals surface area contributed by atoms with Crippen molar-refractivity contribution in [3.05, 3.63) is 46.0 Å². The number of hydrogen-bond acceptors (Lipinski definition) is 4. The molecule has 20 heavy (non-hydrogen) atoms. The number of nitrogens with zero attached hydrogens (tertiary/aromatic N) is 2. The summed E-state index contributed by atoms with van der Waals surface area (Å²) in [5, 5.41) is 0. The van der Waals surface area contributed by atoms with Crippen molar-refractivity contribution in [3.63, 3.8) is 0 Å². The average Bonchev–Trinajstić information content (AvgIpc) is 3.13. The van der Waals surface area contributed by atoms with Gasteiger partial charge >= 0.3 is 11.6 Å². The molecule has 1 aliphatic rings. The van der Waals surface area contributed by atoms with Crippen LogP contribution in [-0.2, 0) is 6.54 Å². The second-order valence-electron chi connectivity index (χ2n) is 5.01. The van der Waals surface area contributed by atoms with Crippen LogP contribution in [-0.4, -0.2) is 15.0 Å². The molecule has 1 saturated carbocycles. The summed E-state index contributed by atoms with van der Waals surface area (Å²) in [7, 11) is 0. The van der Waals surface area contributed by atoms with E-state index < -0.39 is 5.91 Å². The van der Waals surface area contributed by atoms with Crippen molar-refractivity contribution in [3.8, 4) is 0 Å². The normalized spacial score (nSPS) is 14.5. The number of aryl methyl sites for hydroxylation is 1.